The van der Waals surface area contributed by atoms with E-state index in [-0.39, 0.29) is 5.56 Å². The Morgan fingerprint density at radius 1 is 1.11 bits per heavy atom. The van der Waals surface area contributed by atoms with Crippen LogP contribution in [-0.2, 0) is 0 Å². The molecule has 92 valence electrons. The summed E-state index contributed by atoms with van der Waals surface area (Å²) in [4.78, 5) is 11.4. The Labute approximate surface area is 110 Å². The quantitative estimate of drug-likeness (QED) is 0.743. The molecule has 0 aliphatic heterocycles. The third kappa shape index (κ3) is 2.55. The highest BCUT2D eigenvalue weighted by Gasteiger charge is 2.12. The molecule has 0 fully saturated rings. The summed E-state index contributed by atoms with van der Waals surface area (Å²) in [5, 5.41) is 3.40. The van der Waals surface area contributed by atoms with Crippen LogP contribution in [0.4, 0.5) is 17.1 Å². The van der Waals surface area contributed by atoms with Gasteiger partial charge in [0.15, 0.2) is 0 Å². The Balaban J connectivity index is 2.37. The number of primary amides is 1. The number of nitrogens with one attached hydrogen (secondary N) is 1. The minimum absolute atomic E-state index is 0.274. The van der Waals surface area contributed by atoms with Crippen molar-refractivity contribution in [2.45, 2.75) is 0 Å². The fourth-order valence-electron chi connectivity index (χ4n) is 1.60. The molecule has 0 aromatic heterocycles. The van der Waals surface area contributed by atoms with Crippen LogP contribution in [0.15, 0.2) is 42.5 Å². The smallest absolute Gasteiger partial charge is 0.252 e. The summed E-state index contributed by atoms with van der Waals surface area (Å²) in [6.45, 7) is 0. The molecule has 2 aromatic carbocycles. The number of halogens is 1. The maximum Gasteiger partial charge on any atom is 0.252 e. The standard InChI is InChI=1S/C13H12ClN3O/c14-10-2-1-3-11(12(10)13(16)18)17-9-6-4-8(15)5-7-9/h1-7,17H,15H2,(H2,16,18). The van der Waals surface area contributed by atoms with E-state index in [0.29, 0.717) is 16.4 Å². The van der Waals surface area contributed by atoms with E-state index in [1.807, 2.05) is 0 Å². The lowest BCUT2D eigenvalue weighted by molar-refractivity contribution is 0.100. The summed E-state index contributed by atoms with van der Waals surface area (Å²) >= 11 is 5.96. The maximum atomic E-state index is 11.4. The molecular formula is C13H12ClN3O. The molecule has 0 saturated heterocycles. The summed E-state index contributed by atoms with van der Waals surface area (Å²) in [5.74, 6) is -0.571. The van der Waals surface area contributed by atoms with E-state index in [1.165, 1.54) is 0 Å². The number of hydrogen-bond acceptors (Lipinski definition) is 3. The number of benzene rings is 2. The van der Waals surface area contributed by atoms with Gasteiger partial charge in [-0.2, -0.15) is 0 Å². The van der Waals surface area contributed by atoms with Gasteiger partial charge in [-0.05, 0) is 36.4 Å². The molecule has 0 bridgehead atoms. The van der Waals surface area contributed by atoms with Crippen LogP contribution in [0.25, 0.3) is 0 Å². The zero-order valence-corrected chi connectivity index (χ0v) is 10.2. The van der Waals surface area contributed by atoms with Gasteiger partial charge in [-0.1, -0.05) is 17.7 Å². The van der Waals surface area contributed by atoms with Crippen LogP contribution in [0, 0.1) is 0 Å². The molecule has 0 unspecified atom stereocenters. The second-order valence-electron chi connectivity index (χ2n) is 3.77. The SMILES string of the molecule is NC(=O)c1c(Cl)cccc1Nc1ccc(N)cc1. The predicted octanol–water partition coefficient (Wildman–Crippen LogP) is 2.76. The minimum Gasteiger partial charge on any atom is -0.399 e. The van der Waals surface area contributed by atoms with E-state index in [9.17, 15) is 4.79 Å². The second-order valence-corrected chi connectivity index (χ2v) is 4.18. The van der Waals surface area contributed by atoms with Crippen molar-refractivity contribution < 1.29 is 4.79 Å². The van der Waals surface area contributed by atoms with Crippen molar-refractivity contribution in [1.82, 2.24) is 0 Å². The van der Waals surface area contributed by atoms with Crippen LogP contribution in [0.3, 0.4) is 0 Å². The molecule has 4 nitrogen and oxygen atoms in total. The van der Waals surface area contributed by atoms with Gasteiger partial charge in [0.1, 0.15) is 0 Å². The first-order chi connectivity index (χ1) is 8.58. The number of hydrogen-bond donors (Lipinski definition) is 3. The van der Waals surface area contributed by atoms with E-state index in [1.54, 1.807) is 42.5 Å². The largest absolute Gasteiger partial charge is 0.399 e. The van der Waals surface area contributed by atoms with Crippen molar-refractivity contribution in [2.75, 3.05) is 11.1 Å². The van der Waals surface area contributed by atoms with Crippen LogP contribution in [0.5, 0.6) is 0 Å². The van der Waals surface area contributed by atoms with Crippen LogP contribution in [-0.4, -0.2) is 5.91 Å². The van der Waals surface area contributed by atoms with Gasteiger partial charge in [0.25, 0.3) is 5.91 Å². The van der Waals surface area contributed by atoms with Gasteiger partial charge in [0.05, 0.1) is 16.3 Å². The summed E-state index contributed by atoms with van der Waals surface area (Å²) in [5.41, 5.74) is 13.2. The van der Waals surface area contributed by atoms with Crippen LogP contribution < -0.4 is 16.8 Å². The van der Waals surface area contributed by atoms with Crippen LogP contribution in [0.2, 0.25) is 5.02 Å². The Hall–Kier alpha value is -2.20. The molecule has 0 spiro atoms. The fourth-order valence-corrected chi connectivity index (χ4v) is 1.87. The zero-order valence-electron chi connectivity index (χ0n) is 9.48. The summed E-state index contributed by atoms with van der Waals surface area (Å²) in [6, 6.07) is 12.2. The Morgan fingerprint density at radius 2 is 1.78 bits per heavy atom. The summed E-state index contributed by atoms with van der Waals surface area (Å²) < 4.78 is 0. The van der Waals surface area contributed by atoms with E-state index in [4.69, 9.17) is 23.1 Å². The summed E-state index contributed by atoms with van der Waals surface area (Å²) in [6.07, 6.45) is 0. The van der Waals surface area contributed by atoms with Crippen molar-refractivity contribution in [2.24, 2.45) is 5.73 Å². The van der Waals surface area contributed by atoms with Gasteiger partial charge in [0.2, 0.25) is 0 Å². The zero-order chi connectivity index (χ0) is 13.1. The van der Waals surface area contributed by atoms with Gasteiger partial charge < -0.3 is 16.8 Å². The third-order valence-electron chi connectivity index (χ3n) is 2.45. The number of nitrogen functional groups attached to an aromatic ring is 1. The fraction of sp³-hybridized carbons (Fsp3) is 0. The average molecular weight is 262 g/mol. The molecule has 18 heavy (non-hydrogen) atoms. The van der Waals surface area contributed by atoms with Crippen molar-refractivity contribution in [3.05, 3.63) is 53.1 Å². The Bertz CT molecular complexity index is 581. The molecule has 0 heterocycles. The molecule has 5 heteroatoms. The van der Waals surface area contributed by atoms with Crippen molar-refractivity contribution in [3.8, 4) is 0 Å². The number of anilines is 3. The van der Waals surface area contributed by atoms with Gasteiger partial charge in [0, 0.05) is 11.4 Å². The van der Waals surface area contributed by atoms with Crippen molar-refractivity contribution >= 4 is 34.6 Å². The van der Waals surface area contributed by atoms with Crippen LogP contribution in [0.1, 0.15) is 10.4 Å². The van der Waals surface area contributed by atoms with Gasteiger partial charge in [-0.25, -0.2) is 0 Å². The van der Waals surface area contributed by atoms with Crippen molar-refractivity contribution in [1.29, 1.82) is 0 Å². The first-order valence-electron chi connectivity index (χ1n) is 5.29. The monoisotopic (exact) mass is 261 g/mol. The van der Waals surface area contributed by atoms with E-state index >= 15 is 0 Å². The Morgan fingerprint density at radius 3 is 2.39 bits per heavy atom. The molecule has 2 aromatic rings. The van der Waals surface area contributed by atoms with Gasteiger partial charge in [-0.3, -0.25) is 4.79 Å². The molecule has 5 N–H and O–H groups in total. The number of amides is 1. The number of rotatable bonds is 3. The molecule has 2 rings (SSSR count). The maximum absolute atomic E-state index is 11.4. The van der Waals surface area contributed by atoms with Gasteiger partial charge >= 0.3 is 0 Å². The second kappa shape index (κ2) is 4.98. The van der Waals surface area contributed by atoms with Gasteiger partial charge in [-0.15, -0.1) is 0 Å². The van der Waals surface area contributed by atoms with Crippen molar-refractivity contribution in [3.63, 3.8) is 0 Å². The molecule has 0 radical (unpaired) electrons. The topological polar surface area (TPSA) is 81.1 Å². The lowest BCUT2D eigenvalue weighted by Crippen LogP contribution is -2.14. The van der Waals surface area contributed by atoms with E-state index in [0.717, 1.165) is 5.69 Å². The molecule has 1 amide bonds. The molecule has 0 aliphatic carbocycles. The third-order valence-corrected chi connectivity index (χ3v) is 2.76. The van der Waals surface area contributed by atoms with Crippen LogP contribution >= 0.6 is 11.6 Å². The highest BCUT2D eigenvalue weighted by atomic mass is 35.5. The van der Waals surface area contributed by atoms with E-state index in [2.05, 4.69) is 5.32 Å². The molecule has 0 atom stereocenters. The van der Waals surface area contributed by atoms with E-state index < -0.39 is 5.91 Å². The average Bonchev–Trinajstić information content (AvgIpc) is 2.32. The number of carbonyl (C=O) groups is 1. The minimum atomic E-state index is -0.571. The number of nitrogens with two attached hydrogens (primary N) is 2. The lowest BCUT2D eigenvalue weighted by Gasteiger charge is -2.11. The molecular weight excluding hydrogens is 250 g/mol. The highest BCUT2D eigenvalue weighted by molar-refractivity contribution is 6.34. The highest BCUT2D eigenvalue weighted by Crippen LogP contribution is 2.27. The normalized spacial score (nSPS) is 10.1. The Kier molecular flexibility index (Phi) is 3.39. The first kappa shape index (κ1) is 12.3. The lowest BCUT2D eigenvalue weighted by atomic mass is 10.1. The summed E-state index contributed by atoms with van der Waals surface area (Å²) in [7, 11) is 0. The number of carbonyl (C=O) groups excluding carboxylic acids is 1. The molecule has 0 aliphatic rings. The first-order valence-corrected chi connectivity index (χ1v) is 5.66. The predicted molar refractivity (Wildman–Crippen MR) is 74.1 cm³/mol. The molecule has 0 saturated carbocycles.